The van der Waals surface area contributed by atoms with E-state index in [0.29, 0.717) is 12.5 Å². The molecule has 0 spiro atoms. The summed E-state index contributed by atoms with van der Waals surface area (Å²) in [4.78, 5) is 0. The van der Waals surface area contributed by atoms with Crippen molar-refractivity contribution in [3.8, 4) is 5.75 Å². The van der Waals surface area contributed by atoms with E-state index in [9.17, 15) is 5.11 Å². The lowest BCUT2D eigenvalue weighted by molar-refractivity contribution is 0.123. The molecule has 0 aliphatic heterocycles. The van der Waals surface area contributed by atoms with Gasteiger partial charge in [-0.25, -0.2) is 0 Å². The maximum Gasteiger partial charge on any atom is 0.119 e. The highest BCUT2D eigenvalue weighted by atomic mass is 16.5. The predicted octanol–water partition coefficient (Wildman–Crippen LogP) is 2.58. The Balaban J connectivity index is 2.35. The van der Waals surface area contributed by atoms with Gasteiger partial charge in [0.25, 0.3) is 0 Å². The van der Waals surface area contributed by atoms with Crippen molar-refractivity contribution >= 4 is 0 Å². The largest absolute Gasteiger partial charge is 0.491 e. The van der Waals surface area contributed by atoms with E-state index in [-0.39, 0.29) is 12.2 Å². The molecule has 0 saturated carbocycles. The molecular weight excluding hydrogens is 226 g/mol. The van der Waals surface area contributed by atoms with Crippen LogP contribution in [0.3, 0.4) is 0 Å². The number of ether oxygens (including phenoxy) is 1. The number of benzene rings is 1. The molecule has 0 fully saturated rings. The molecule has 1 aromatic carbocycles. The van der Waals surface area contributed by atoms with Gasteiger partial charge in [-0.15, -0.1) is 0 Å². The second kappa shape index (κ2) is 7.39. The maximum atomic E-state index is 9.67. The Morgan fingerprint density at radius 3 is 2.22 bits per heavy atom. The summed E-state index contributed by atoms with van der Waals surface area (Å²) < 4.78 is 5.58. The SMILES string of the molecule is CC(C)Oc1ccc(CNCC(O)C(C)C)cc1. The topological polar surface area (TPSA) is 41.5 Å². The summed E-state index contributed by atoms with van der Waals surface area (Å²) in [7, 11) is 0. The molecular formula is C15H25NO2. The number of hydrogen-bond acceptors (Lipinski definition) is 3. The first-order valence-electron chi connectivity index (χ1n) is 6.63. The van der Waals surface area contributed by atoms with Gasteiger partial charge >= 0.3 is 0 Å². The third kappa shape index (κ3) is 5.52. The number of aliphatic hydroxyl groups is 1. The molecule has 0 aromatic heterocycles. The van der Waals surface area contributed by atoms with Gasteiger partial charge in [0.05, 0.1) is 12.2 Å². The van der Waals surface area contributed by atoms with E-state index < -0.39 is 0 Å². The lowest BCUT2D eigenvalue weighted by Crippen LogP contribution is -2.30. The third-order valence-electron chi connectivity index (χ3n) is 2.75. The van der Waals surface area contributed by atoms with E-state index >= 15 is 0 Å². The highest BCUT2D eigenvalue weighted by Crippen LogP contribution is 2.13. The molecule has 1 rings (SSSR count). The summed E-state index contributed by atoms with van der Waals surface area (Å²) in [6, 6.07) is 8.06. The normalized spacial score (nSPS) is 13.1. The molecule has 0 aliphatic rings. The lowest BCUT2D eigenvalue weighted by Gasteiger charge is -2.15. The Morgan fingerprint density at radius 1 is 1.11 bits per heavy atom. The van der Waals surface area contributed by atoms with Crippen LogP contribution in [0.1, 0.15) is 33.3 Å². The fourth-order valence-corrected chi connectivity index (χ4v) is 1.56. The molecule has 0 bridgehead atoms. The maximum absolute atomic E-state index is 9.67. The highest BCUT2D eigenvalue weighted by molar-refractivity contribution is 5.27. The van der Waals surface area contributed by atoms with E-state index in [2.05, 4.69) is 5.32 Å². The first-order valence-corrected chi connectivity index (χ1v) is 6.63. The molecule has 102 valence electrons. The minimum absolute atomic E-state index is 0.204. The Morgan fingerprint density at radius 2 is 1.72 bits per heavy atom. The van der Waals surface area contributed by atoms with Crippen LogP contribution in [-0.4, -0.2) is 23.9 Å². The fourth-order valence-electron chi connectivity index (χ4n) is 1.56. The molecule has 1 aromatic rings. The zero-order valence-electron chi connectivity index (χ0n) is 11.8. The van der Waals surface area contributed by atoms with Gasteiger partial charge in [-0.05, 0) is 37.5 Å². The molecule has 3 nitrogen and oxygen atoms in total. The number of hydrogen-bond donors (Lipinski definition) is 2. The van der Waals surface area contributed by atoms with Crippen molar-refractivity contribution < 1.29 is 9.84 Å². The van der Waals surface area contributed by atoms with Crippen molar-refractivity contribution in [2.75, 3.05) is 6.54 Å². The van der Waals surface area contributed by atoms with Crippen molar-refractivity contribution in [2.24, 2.45) is 5.92 Å². The molecule has 1 unspecified atom stereocenters. The minimum Gasteiger partial charge on any atom is -0.491 e. The van der Waals surface area contributed by atoms with Crippen LogP contribution in [0, 0.1) is 5.92 Å². The van der Waals surface area contributed by atoms with Gasteiger partial charge in [-0.2, -0.15) is 0 Å². The van der Waals surface area contributed by atoms with Gasteiger partial charge in [0.2, 0.25) is 0 Å². The average Bonchev–Trinajstić information content (AvgIpc) is 2.30. The Kier molecular flexibility index (Phi) is 6.16. The molecule has 1 atom stereocenters. The summed E-state index contributed by atoms with van der Waals surface area (Å²) in [5, 5.41) is 12.9. The monoisotopic (exact) mass is 251 g/mol. The highest BCUT2D eigenvalue weighted by Gasteiger charge is 2.07. The first-order chi connectivity index (χ1) is 8.49. The van der Waals surface area contributed by atoms with Crippen molar-refractivity contribution in [1.82, 2.24) is 5.32 Å². The third-order valence-corrected chi connectivity index (χ3v) is 2.75. The Hall–Kier alpha value is -1.06. The molecule has 2 N–H and O–H groups in total. The molecule has 0 saturated heterocycles. The summed E-state index contributed by atoms with van der Waals surface area (Å²) >= 11 is 0. The summed E-state index contributed by atoms with van der Waals surface area (Å²) in [5.41, 5.74) is 1.20. The molecule has 0 heterocycles. The molecule has 18 heavy (non-hydrogen) atoms. The van der Waals surface area contributed by atoms with Crippen LogP contribution < -0.4 is 10.1 Å². The van der Waals surface area contributed by atoms with Gasteiger partial charge in [-0.1, -0.05) is 26.0 Å². The molecule has 0 amide bonds. The lowest BCUT2D eigenvalue weighted by atomic mass is 10.1. The zero-order chi connectivity index (χ0) is 13.5. The summed E-state index contributed by atoms with van der Waals surface area (Å²) in [6.45, 7) is 9.47. The van der Waals surface area contributed by atoms with E-state index in [0.717, 1.165) is 12.3 Å². The zero-order valence-corrected chi connectivity index (χ0v) is 11.8. The van der Waals surface area contributed by atoms with Gasteiger partial charge in [0, 0.05) is 13.1 Å². The summed E-state index contributed by atoms with van der Waals surface area (Å²) in [5.74, 6) is 1.19. The number of nitrogens with one attached hydrogen (secondary N) is 1. The van der Waals surface area contributed by atoms with E-state index in [4.69, 9.17) is 4.74 Å². The van der Waals surface area contributed by atoms with Gasteiger partial charge < -0.3 is 15.2 Å². The second-order valence-corrected chi connectivity index (χ2v) is 5.25. The fraction of sp³-hybridized carbons (Fsp3) is 0.600. The van der Waals surface area contributed by atoms with E-state index in [1.165, 1.54) is 5.56 Å². The molecule has 0 aliphatic carbocycles. The second-order valence-electron chi connectivity index (χ2n) is 5.25. The van der Waals surface area contributed by atoms with Crippen molar-refractivity contribution in [3.63, 3.8) is 0 Å². The Bertz CT molecular complexity index is 333. The van der Waals surface area contributed by atoms with E-state index in [1.807, 2.05) is 52.0 Å². The standard InChI is InChI=1S/C15H25NO2/c1-11(2)15(17)10-16-9-13-5-7-14(8-6-13)18-12(3)4/h5-8,11-12,15-17H,9-10H2,1-4H3. The minimum atomic E-state index is -0.284. The smallest absolute Gasteiger partial charge is 0.119 e. The van der Waals surface area contributed by atoms with Gasteiger partial charge in [0.15, 0.2) is 0 Å². The van der Waals surface area contributed by atoms with Gasteiger partial charge in [-0.3, -0.25) is 0 Å². The predicted molar refractivity (Wildman–Crippen MR) is 74.8 cm³/mol. The van der Waals surface area contributed by atoms with Crippen molar-refractivity contribution in [2.45, 2.75) is 46.4 Å². The number of rotatable bonds is 7. The van der Waals surface area contributed by atoms with Crippen LogP contribution in [0.25, 0.3) is 0 Å². The van der Waals surface area contributed by atoms with Crippen LogP contribution in [0.5, 0.6) is 5.75 Å². The first kappa shape index (κ1) is 15.0. The van der Waals surface area contributed by atoms with Crippen molar-refractivity contribution in [1.29, 1.82) is 0 Å². The average molecular weight is 251 g/mol. The number of aliphatic hydroxyl groups excluding tert-OH is 1. The van der Waals surface area contributed by atoms with Crippen LogP contribution in [0.4, 0.5) is 0 Å². The van der Waals surface area contributed by atoms with Crippen LogP contribution in [0.2, 0.25) is 0 Å². The molecule has 0 radical (unpaired) electrons. The van der Waals surface area contributed by atoms with Crippen molar-refractivity contribution in [3.05, 3.63) is 29.8 Å². The van der Waals surface area contributed by atoms with Crippen LogP contribution in [0.15, 0.2) is 24.3 Å². The van der Waals surface area contributed by atoms with Crippen LogP contribution >= 0.6 is 0 Å². The Labute approximate surface area is 110 Å². The van der Waals surface area contributed by atoms with Gasteiger partial charge in [0.1, 0.15) is 5.75 Å². The summed E-state index contributed by atoms with van der Waals surface area (Å²) in [6.07, 6.45) is -0.0799. The van der Waals surface area contributed by atoms with Crippen LogP contribution in [-0.2, 0) is 6.54 Å². The quantitative estimate of drug-likeness (QED) is 0.782. The van der Waals surface area contributed by atoms with E-state index in [1.54, 1.807) is 0 Å². The molecule has 3 heteroatoms.